The number of rotatable bonds is 3. The molecule has 1 aromatic rings. The lowest BCUT2D eigenvalue weighted by atomic mass is 9.99. The van der Waals surface area contributed by atoms with E-state index in [4.69, 9.17) is 5.73 Å². The highest BCUT2D eigenvalue weighted by Crippen LogP contribution is 2.24. The Morgan fingerprint density at radius 1 is 1.33 bits per heavy atom. The minimum atomic E-state index is -3.38. The van der Waals surface area contributed by atoms with E-state index in [9.17, 15) is 13.2 Å². The quantitative estimate of drug-likeness (QED) is 0.867. The number of carbonyl (C=O) groups is 1. The summed E-state index contributed by atoms with van der Waals surface area (Å²) in [6, 6.07) is 4.60. The van der Waals surface area contributed by atoms with E-state index in [0.717, 1.165) is 38.5 Å². The lowest BCUT2D eigenvalue weighted by molar-refractivity contribution is 0.0608. The molecule has 6 heteroatoms. The second-order valence-corrected chi connectivity index (χ2v) is 7.64. The van der Waals surface area contributed by atoms with Gasteiger partial charge in [-0.2, -0.15) is 0 Å². The zero-order valence-corrected chi connectivity index (χ0v) is 13.3. The molecule has 2 N–H and O–H groups in total. The Morgan fingerprint density at radius 3 is 2.67 bits per heavy atom. The van der Waals surface area contributed by atoms with Crippen LogP contribution in [0, 0.1) is 0 Å². The van der Waals surface area contributed by atoms with Crippen molar-refractivity contribution in [2.75, 3.05) is 18.5 Å². The van der Waals surface area contributed by atoms with E-state index in [-0.39, 0.29) is 16.8 Å². The Kier molecular flexibility index (Phi) is 4.56. The van der Waals surface area contributed by atoms with Gasteiger partial charge in [0.15, 0.2) is 9.84 Å². The minimum Gasteiger partial charge on any atom is -0.399 e. The lowest BCUT2D eigenvalue weighted by Crippen LogP contribution is -2.43. The Hall–Kier alpha value is -1.56. The number of benzene rings is 1. The molecule has 1 fully saturated rings. The van der Waals surface area contributed by atoms with Crippen LogP contribution in [0.1, 0.15) is 43.0 Å². The van der Waals surface area contributed by atoms with Gasteiger partial charge in [0.05, 0.1) is 4.90 Å². The summed E-state index contributed by atoms with van der Waals surface area (Å²) in [6.07, 6.45) is 5.15. The van der Waals surface area contributed by atoms with Crippen LogP contribution >= 0.6 is 0 Å². The standard InChI is InChI=1S/C15H22N2O3S/c1-3-13-6-4-5-7-17(13)15(18)11-8-12(16)10-14(9-11)21(2,19)20/h8-10,13H,3-7,16H2,1-2H3. The molecule has 0 saturated carbocycles. The van der Waals surface area contributed by atoms with Crippen LogP contribution in [0.2, 0.25) is 0 Å². The smallest absolute Gasteiger partial charge is 0.254 e. The number of nitrogen functional groups attached to an aromatic ring is 1. The molecule has 0 aromatic heterocycles. The molecule has 1 aliphatic rings. The van der Waals surface area contributed by atoms with Gasteiger partial charge in [0, 0.05) is 30.1 Å². The summed E-state index contributed by atoms with van der Waals surface area (Å²) in [7, 11) is -3.38. The van der Waals surface area contributed by atoms with Crippen molar-refractivity contribution in [2.45, 2.75) is 43.5 Å². The van der Waals surface area contributed by atoms with Crippen molar-refractivity contribution in [3.63, 3.8) is 0 Å². The van der Waals surface area contributed by atoms with Crippen LogP contribution in [-0.4, -0.2) is 38.1 Å². The second-order valence-electron chi connectivity index (χ2n) is 5.62. The molecule has 1 amide bonds. The molecule has 0 bridgehead atoms. The summed E-state index contributed by atoms with van der Waals surface area (Å²) < 4.78 is 23.4. The van der Waals surface area contributed by atoms with Crippen molar-refractivity contribution in [1.29, 1.82) is 0 Å². The highest BCUT2D eigenvalue weighted by atomic mass is 32.2. The predicted octanol–water partition coefficient (Wildman–Crippen LogP) is 2.08. The summed E-state index contributed by atoms with van der Waals surface area (Å²) in [5.41, 5.74) is 6.41. The molecule has 1 saturated heterocycles. The highest BCUT2D eigenvalue weighted by Gasteiger charge is 2.27. The third-order valence-corrected chi connectivity index (χ3v) is 5.06. The van der Waals surface area contributed by atoms with Gasteiger partial charge in [-0.15, -0.1) is 0 Å². The number of anilines is 1. The van der Waals surface area contributed by atoms with Gasteiger partial charge >= 0.3 is 0 Å². The number of sulfone groups is 1. The maximum atomic E-state index is 12.7. The first-order valence-electron chi connectivity index (χ1n) is 7.24. The summed E-state index contributed by atoms with van der Waals surface area (Å²) in [5, 5.41) is 0. The largest absolute Gasteiger partial charge is 0.399 e. The monoisotopic (exact) mass is 310 g/mol. The van der Waals surface area contributed by atoms with Gasteiger partial charge in [0.2, 0.25) is 0 Å². The van der Waals surface area contributed by atoms with E-state index >= 15 is 0 Å². The first-order chi connectivity index (χ1) is 9.82. The number of nitrogens with zero attached hydrogens (tertiary/aromatic N) is 1. The molecule has 5 nitrogen and oxygen atoms in total. The minimum absolute atomic E-state index is 0.0934. The number of amides is 1. The lowest BCUT2D eigenvalue weighted by Gasteiger charge is -2.35. The Morgan fingerprint density at radius 2 is 2.05 bits per heavy atom. The topological polar surface area (TPSA) is 80.5 Å². The number of carbonyl (C=O) groups excluding carboxylic acids is 1. The third-order valence-electron chi connectivity index (χ3n) is 3.96. The molecule has 0 spiro atoms. The zero-order chi connectivity index (χ0) is 15.6. The second kappa shape index (κ2) is 6.05. The van der Waals surface area contributed by atoms with Crippen LogP contribution < -0.4 is 5.73 Å². The van der Waals surface area contributed by atoms with Crippen molar-refractivity contribution in [1.82, 2.24) is 4.90 Å². The summed E-state index contributed by atoms with van der Waals surface area (Å²) in [5.74, 6) is -0.126. The van der Waals surface area contributed by atoms with Crippen molar-refractivity contribution >= 4 is 21.4 Å². The van der Waals surface area contributed by atoms with E-state index in [0.29, 0.717) is 11.3 Å². The fraction of sp³-hybridized carbons (Fsp3) is 0.533. The molecule has 1 heterocycles. The van der Waals surface area contributed by atoms with Crippen molar-refractivity contribution in [3.8, 4) is 0 Å². The molecule has 1 unspecified atom stereocenters. The van der Waals surface area contributed by atoms with Gasteiger partial charge < -0.3 is 10.6 Å². The van der Waals surface area contributed by atoms with Gasteiger partial charge in [-0.05, 0) is 43.9 Å². The summed E-state index contributed by atoms with van der Waals surface area (Å²) >= 11 is 0. The van der Waals surface area contributed by atoms with Crippen LogP contribution in [0.4, 0.5) is 5.69 Å². The van der Waals surface area contributed by atoms with Crippen molar-refractivity contribution in [2.24, 2.45) is 0 Å². The maximum Gasteiger partial charge on any atom is 0.254 e. The molecule has 116 valence electrons. The third kappa shape index (κ3) is 3.56. The van der Waals surface area contributed by atoms with Gasteiger partial charge in [0.1, 0.15) is 0 Å². The van der Waals surface area contributed by atoms with Gasteiger partial charge in [-0.3, -0.25) is 4.79 Å². The molecule has 0 aliphatic carbocycles. The van der Waals surface area contributed by atoms with Crippen LogP contribution in [0.15, 0.2) is 23.1 Å². The number of nitrogens with two attached hydrogens (primary N) is 1. The summed E-state index contributed by atoms with van der Waals surface area (Å²) in [4.78, 5) is 14.6. The average molecular weight is 310 g/mol. The molecule has 1 aromatic carbocycles. The van der Waals surface area contributed by atoms with Crippen molar-refractivity contribution in [3.05, 3.63) is 23.8 Å². The fourth-order valence-electron chi connectivity index (χ4n) is 2.82. The Bertz CT molecular complexity index is 640. The van der Waals surface area contributed by atoms with Crippen LogP contribution in [0.3, 0.4) is 0 Å². The van der Waals surface area contributed by atoms with Gasteiger partial charge in [0.25, 0.3) is 5.91 Å². The summed E-state index contributed by atoms with van der Waals surface area (Å²) in [6.45, 7) is 2.79. The van der Waals surface area contributed by atoms with E-state index in [2.05, 4.69) is 6.92 Å². The molecular weight excluding hydrogens is 288 g/mol. The predicted molar refractivity (Wildman–Crippen MR) is 82.9 cm³/mol. The van der Waals surface area contributed by atoms with E-state index in [1.54, 1.807) is 6.07 Å². The van der Waals surface area contributed by atoms with Gasteiger partial charge in [-0.1, -0.05) is 6.92 Å². The molecule has 2 rings (SSSR count). The molecule has 1 atom stereocenters. The average Bonchev–Trinajstić information content (AvgIpc) is 2.45. The number of piperidine rings is 1. The maximum absolute atomic E-state index is 12.7. The van der Waals surface area contributed by atoms with E-state index < -0.39 is 9.84 Å². The van der Waals surface area contributed by atoms with Crippen molar-refractivity contribution < 1.29 is 13.2 Å². The zero-order valence-electron chi connectivity index (χ0n) is 12.5. The van der Waals surface area contributed by atoms with E-state index in [1.165, 1.54) is 12.1 Å². The van der Waals surface area contributed by atoms with Crippen LogP contribution in [0.5, 0.6) is 0 Å². The number of likely N-dealkylation sites (tertiary alicyclic amines) is 1. The molecule has 0 radical (unpaired) electrons. The highest BCUT2D eigenvalue weighted by molar-refractivity contribution is 7.90. The normalized spacial score (nSPS) is 19.5. The van der Waals surface area contributed by atoms with Crippen LogP contribution in [0.25, 0.3) is 0 Å². The molecule has 21 heavy (non-hydrogen) atoms. The first kappa shape index (κ1) is 15.8. The van der Waals surface area contributed by atoms with E-state index in [1.807, 2.05) is 4.90 Å². The fourth-order valence-corrected chi connectivity index (χ4v) is 3.51. The Balaban J connectivity index is 2.37. The number of hydrogen-bond donors (Lipinski definition) is 1. The number of hydrogen-bond acceptors (Lipinski definition) is 4. The molecule has 1 aliphatic heterocycles. The Labute approximate surface area is 126 Å². The first-order valence-corrected chi connectivity index (χ1v) is 9.13. The molecular formula is C15H22N2O3S. The van der Waals surface area contributed by atoms with Gasteiger partial charge in [-0.25, -0.2) is 8.42 Å². The van der Waals surface area contributed by atoms with Crippen LogP contribution in [-0.2, 0) is 9.84 Å². The SMILES string of the molecule is CCC1CCCCN1C(=O)c1cc(N)cc(S(C)(=O)=O)c1.